The molecule has 1 atom stereocenters. The van der Waals surface area contributed by atoms with Crippen LogP contribution in [0.5, 0.6) is 0 Å². The number of thioether (sulfide) groups is 1. The van der Waals surface area contributed by atoms with E-state index in [9.17, 15) is 9.90 Å². The number of carbonyl (C=O) groups excluding carboxylic acids is 1. The molecule has 1 unspecified atom stereocenters. The zero-order valence-corrected chi connectivity index (χ0v) is 15.5. The van der Waals surface area contributed by atoms with Crippen molar-refractivity contribution in [3.05, 3.63) is 27.7 Å². The molecule has 118 valence electrons. The van der Waals surface area contributed by atoms with Crippen molar-refractivity contribution in [1.29, 1.82) is 0 Å². The molecule has 1 rings (SSSR count). The number of aliphatic hydroxyl groups is 1. The molecule has 0 saturated heterocycles. The molecular formula is C16H24BrNO2S. The van der Waals surface area contributed by atoms with Crippen molar-refractivity contribution in [1.82, 2.24) is 5.32 Å². The van der Waals surface area contributed by atoms with Crippen LogP contribution in [0.15, 0.2) is 21.5 Å². The van der Waals surface area contributed by atoms with Crippen LogP contribution >= 0.6 is 27.7 Å². The highest BCUT2D eigenvalue weighted by Crippen LogP contribution is 2.28. The summed E-state index contributed by atoms with van der Waals surface area (Å²) in [6, 6.07) is 4.02. The topological polar surface area (TPSA) is 49.3 Å². The highest BCUT2D eigenvalue weighted by atomic mass is 79.9. The first-order valence-corrected chi connectivity index (χ1v) is 8.91. The molecule has 1 aromatic carbocycles. The average Bonchev–Trinajstić information content (AvgIpc) is 2.40. The van der Waals surface area contributed by atoms with Gasteiger partial charge < -0.3 is 10.4 Å². The van der Waals surface area contributed by atoms with E-state index in [0.29, 0.717) is 11.7 Å². The summed E-state index contributed by atoms with van der Waals surface area (Å²) in [6.07, 6.45) is 0.795. The highest BCUT2D eigenvalue weighted by molar-refractivity contribution is 9.10. The minimum Gasteiger partial charge on any atom is -0.394 e. The quantitative estimate of drug-likeness (QED) is 0.716. The van der Waals surface area contributed by atoms with Crippen LogP contribution in [0.2, 0.25) is 0 Å². The number of aryl methyl sites for hydroxylation is 2. The molecule has 0 aliphatic heterocycles. The van der Waals surface area contributed by atoms with E-state index in [4.69, 9.17) is 0 Å². The monoisotopic (exact) mass is 373 g/mol. The second-order valence-electron chi connectivity index (χ2n) is 5.73. The van der Waals surface area contributed by atoms with E-state index in [-0.39, 0.29) is 18.6 Å². The van der Waals surface area contributed by atoms with Gasteiger partial charge in [-0.1, -0.05) is 29.8 Å². The van der Waals surface area contributed by atoms with E-state index in [2.05, 4.69) is 47.2 Å². The Morgan fingerprint density at radius 1 is 1.33 bits per heavy atom. The Morgan fingerprint density at radius 2 is 2.00 bits per heavy atom. The number of halogens is 1. The van der Waals surface area contributed by atoms with Crippen molar-refractivity contribution < 1.29 is 9.90 Å². The van der Waals surface area contributed by atoms with Crippen molar-refractivity contribution in [3.63, 3.8) is 0 Å². The smallest absolute Gasteiger partial charge is 0.230 e. The fourth-order valence-electron chi connectivity index (χ4n) is 2.07. The first kappa shape index (κ1) is 18.5. The molecule has 5 heteroatoms. The van der Waals surface area contributed by atoms with Crippen molar-refractivity contribution in [2.75, 3.05) is 12.4 Å². The second-order valence-corrected chi connectivity index (χ2v) is 7.60. The number of benzene rings is 1. The standard InChI is InChI=1S/C16H24BrNO2S/c1-10(2)5-13(8-19)18-16(20)9-21-15-7-11(3)14(17)6-12(15)4/h6-7,10,13,19H,5,8-9H2,1-4H3,(H,18,20). The maximum Gasteiger partial charge on any atom is 0.230 e. The molecule has 0 aliphatic rings. The van der Waals surface area contributed by atoms with Crippen LogP contribution in [0.3, 0.4) is 0 Å². The van der Waals surface area contributed by atoms with Gasteiger partial charge in [0.15, 0.2) is 0 Å². The molecule has 1 amide bonds. The number of amides is 1. The summed E-state index contributed by atoms with van der Waals surface area (Å²) in [7, 11) is 0. The molecule has 3 nitrogen and oxygen atoms in total. The third kappa shape index (κ3) is 6.41. The van der Waals surface area contributed by atoms with E-state index >= 15 is 0 Å². The van der Waals surface area contributed by atoms with Crippen molar-refractivity contribution in [2.45, 2.75) is 45.1 Å². The lowest BCUT2D eigenvalue weighted by molar-refractivity contribution is -0.119. The van der Waals surface area contributed by atoms with Gasteiger partial charge in [0.2, 0.25) is 5.91 Å². The summed E-state index contributed by atoms with van der Waals surface area (Å²) in [5, 5.41) is 12.2. The van der Waals surface area contributed by atoms with E-state index in [0.717, 1.165) is 26.9 Å². The number of carbonyl (C=O) groups is 1. The third-order valence-corrected chi connectivity index (χ3v) is 5.17. The van der Waals surface area contributed by atoms with Gasteiger partial charge in [0.25, 0.3) is 0 Å². The van der Waals surface area contributed by atoms with Crippen LogP contribution < -0.4 is 5.32 Å². The Labute approximate surface area is 140 Å². The van der Waals surface area contributed by atoms with E-state index < -0.39 is 0 Å². The first-order chi connectivity index (χ1) is 9.83. The van der Waals surface area contributed by atoms with E-state index in [1.165, 1.54) is 11.8 Å². The summed E-state index contributed by atoms with van der Waals surface area (Å²) >= 11 is 5.04. The Morgan fingerprint density at radius 3 is 2.57 bits per heavy atom. The van der Waals surface area contributed by atoms with Crippen LogP contribution in [0, 0.1) is 19.8 Å². The van der Waals surface area contributed by atoms with Gasteiger partial charge in [-0.2, -0.15) is 0 Å². The number of aliphatic hydroxyl groups excluding tert-OH is 1. The molecule has 0 aliphatic carbocycles. The summed E-state index contributed by atoms with van der Waals surface area (Å²) in [5.74, 6) is 0.794. The SMILES string of the molecule is Cc1cc(SCC(=O)NC(CO)CC(C)C)c(C)cc1Br. The molecule has 0 fully saturated rings. The van der Waals surface area contributed by atoms with Crippen molar-refractivity contribution >= 4 is 33.6 Å². The minimum absolute atomic E-state index is 0.00892. The molecule has 0 spiro atoms. The predicted octanol–water partition coefficient (Wildman–Crippen LogP) is 3.68. The third-order valence-electron chi connectivity index (χ3n) is 3.16. The summed E-state index contributed by atoms with van der Waals surface area (Å²) < 4.78 is 1.09. The molecule has 0 heterocycles. The van der Waals surface area contributed by atoms with E-state index in [1.807, 2.05) is 13.8 Å². The Hall–Kier alpha value is -0.520. The summed E-state index contributed by atoms with van der Waals surface area (Å²) in [5.41, 5.74) is 2.32. The predicted molar refractivity (Wildman–Crippen MR) is 92.8 cm³/mol. The lowest BCUT2D eigenvalue weighted by atomic mass is 10.0. The molecule has 0 aromatic heterocycles. The van der Waals surface area contributed by atoms with Gasteiger partial charge in [-0.15, -0.1) is 11.8 Å². The van der Waals surface area contributed by atoms with Crippen LogP contribution in [0.25, 0.3) is 0 Å². The summed E-state index contributed by atoms with van der Waals surface area (Å²) in [6.45, 7) is 8.23. The van der Waals surface area contributed by atoms with Gasteiger partial charge >= 0.3 is 0 Å². The molecule has 21 heavy (non-hydrogen) atoms. The maximum atomic E-state index is 12.0. The maximum absolute atomic E-state index is 12.0. The van der Waals surface area contributed by atoms with E-state index in [1.54, 1.807) is 0 Å². The van der Waals surface area contributed by atoms with Crippen molar-refractivity contribution in [3.8, 4) is 0 Å². The second kappa shape index (κ2) is 8.81. The molecule has 0 bridgehead atoms. The van der Waals surface area contributed by atoms with Gasteiger partial charge in [0.05, 0.1) is 18.4 Å². The number of hydrogen-bond donors (Lipinski definition) is 2. The zero-order valence-electron chi connectivity index (χ0n) is 13.1. The van der Waals surface area contributed by atoms with Crippen LogP contribution in [-0.4, -0.2) is 29.4 Å². The van der Waals surface area contributed by atoms with Crippen LogP contribution in [-0.2, 0) is 4.79 Å². The van der Waals surface area contributed by atoms with Gasteiger partial charge in [-0.3, -0.25) is 4.79 Å². The molecule has 0 saturated carbocycles. The normalized spacial score (nSPS) is 12.5. The Balaban J connectivity index is 2.55. The molecule has 2 N–H and O–H groups in total. The lowest BCUT2D eigenvalue weighted by Gasteiger charge is -2.18. The fraction of sp³-hybridized carbons (Fsp3) is 0.562. The van der Waals surface area contributed by atoms with Gasteiger partial charge in [-0.05, 0) is 49.4 Å². The largest absolute Gasteiger partial charge is 0.394 e. The Bertz CT molecular complexity index is 491. The zero-order chi connectivity index (χ0) is 16.0. The molecule has 1 aromatic rings. The van der Waals surface area contributed by atoms with Crippen LogP contribution in [0.4, 0.5) is 0 Å². The number of nitrogens with one attached hydrogen (secondary N) is 1. The molecular weight excluding hydrogens is 350 g/mol. The van der Waals surface area contributed by atoms with Gasteiger partial charge in [0.1, 0.15) is 0 Å². The first-order valence-electron chi connectivity index (χ1n) is 7.13. The fourth-order valence-corrected chi connectivity index (χ4v) is 3.45. The van der Waals surface area contributed by atoms with Crippen LogP contribution in [0.1, 0.15) is 31.4 Å². The van der Waals surface area contributed by atoms with Gasteiger partial charge in [-0.25, -0.2) is 0 Å². The Kier molecular flexibility index (Phi) is 7.77. The minimum atomic E-state index is -0.147. The summed E-state index contributed by atoms with van der Waals surface area (Å²) in [4.78, 5) is 13.1. The average molecular weight is 374 g/mol. The van der Waals surface area contributed by atoms with Crippen molar-refractivity contribution in [2.24, 2.45) is 5.92 Å². The number of hydrogen-bond acceptors (Lipinski definition) is 3. The lowest BCUT2D eigenvalue weighted by Crippen LogP contribution is -2.39. The number of rotatable bonds is 7. The molecule has 0 radical (unpaired) electrons. The van der Waals surface area contributed by atoms with Gasteiger partial charge in [0, 0.05) is 9.37 Å². The highest BCUT2D eigenvalue weighted by Gasteiger charge is 2.13.